The second-order valence-corrected chi connectivity index (χ2v) is 4.73. The monoisotopic (exact) mass is 314 g/mol. The molecule has 0 aliphatic rings. The molecule has 0 saturated heterocycles. The minimum atomic E-state index is -4.49. The Morgan fingerprint density at radius 1 is 1.37 bits per heavy atom. The number of rotatable bonds is 4. The van der Waals surface area contributed by atoms with Gasteiger partial charge in [0.2, 0.25) is 0 Å². The van der Waals surface area contributed by atoms with Crippen LogP contribution in [0.3, 0.4) is 0 Å². The fourth-order valence-corrected chi connectivity index (χ4v) is 1.95. The first kappa shape index (κ1) is 16.1. The summed E-state index contributed by atoms with van der Waals surface area (Å²) in [5.74, 6) is -0.669. The van der Waals surface area contributed by atoms with Crippen molar-refractivity contribution in [2.24, 2.45) is 0 Å². The first-order valence-electron chi connectivity index (χ1n) is 5.41. The minimum absolute atomic E-state index is 0.0578. The van der Waals surface area contributed by atoms with Crippen molar-refractivity contribution >= 4 is 29.2 Å². The van der Waals surface area contributed by atoms with Crippen molar-refractivity contribution in [3.8, 4) is 0 Å². The highest BCUT2D eigenvalue weighted by Gasteiger charge is 2.31. The van der Waals surface area contributed by atoms with Gasteiger partial charge in [-0.05, 0) is 37.1 Å². The van der Waals surface area contributed by atoms with Crippen LogP contribution >= 0.6 is 23.2 Å². The summed E-state index contributed by atoms with van der Waals surface area (Å²) in [5.41, 5.74) is -0.643. The zero-order chi connectivity index (χ0) is 14.6. The quantitative estimate of drug-likeness (QED) is 0.618. The molecule has 0 aliphatic heterocycles. The number of hydrogen-bond donors (Lipinski definition) is 0. The molecule has 1 unspecified atom stereocenters. The number of alkyl halides is 4. The van der Waals surface area contributed by atoms with Gasteiger partial charge in [0, 0.05) is 5.02 Å². The molecule has 0 amide bonds. The van der Waals surface area contributed by atoms with E-state index in [0.29, 0.717) is 0 Å². The SMILES string of the molecule is CCOC(=O)C(Cl)Cc1cc(Cl)cc(C(F)(F)F)c1. The average molecular weight is 315 g/mol. The van der Waals surface area contributed by atoms with Gasteiger partial charge in [-0.3, -0.25) is 4.79 Å². The molecule has 0 saturated carbocycles. The Morgan fingerprint density at radius 2 is 2.00 bits per heavy atom. The summed E-state index contributed by atoms with van der Waals surface area (Å²) in [6.45, 7) is 1.77. The topological polar surface area (TPSA) is 26.3 Å². The predicted octanol–water partition coefficient (Wildman–Crippen LogP) is 4.07. The van der Waals surface area contributed by atoms with Gasteiger partial charge in [-0.25, -0.2) is 0 Å². The fourth-order valence-electron chi connectivity index (χ4n) is 1.45. The van der Waals surface area contributed by atoms with Crippen molar-refractivity contribution in [3.63, 3.8) is 0 Å². The van der Waals surface area contributed by atoms with Gasteiger partial charge in [0.05, 0.1) is 12.2 Å². The van der Waals surface area contributed by atoms with Gasteiger partial charge in [-0.1, -0.05) is 11.6 Å². The summed E-state index contributed by atoms with van der Waals surface area (Å²) >= 11 is 11.4. The number of carbonyl (C=O) groups excluding carboxylic acids is 1. The molecule has 2 nitrogen and oxygen atoms in total. The third kappa shape index (κ3) is 4.91. The molecular weight excluding hydrogens is 304 g/mol. The van der Waals surface area contributed by atoms with Gasteiger partial charge in [0.15, 0.2) is 0 Å². The molecule has 0 bridgehead atoms. The van der Waals surface area contributed by atoms with E-state index in [0.717, 1.165) is 12.1 Å². The zero-order valence-electron chi connectivity index (χ0n) is 9.93. The third-order valence-corrected chi connectivity index (χ3v) is 2.79. The van der Waals surface area contributed by atoms with Gasteiger partial charge in [-0.2, -0.15) is 13.2 Å². The molecular formula is C12H11Cl2F3O2. The zero-order valence-corrected chi connectivity index (χ0v) is 11.4. The van der Waals surface area contributed by atoms with E-state index in [1.54, 1.807) is 6.92 Å². The van der Waals surface area contributed by atoms with Crippen molar-refractivity contribution in [1.29, 1.82) is 0 Å². The molecule has 7 heteroatoms. The van der Waals surface area contributed by atoms with Crippen molar-refractivity contribution < 1.29 is 22.7 Å². The van der Waals surface area contributed by atoms with Crippen LogP contribution in [0.4, 0.5) is 13.2 Å². The van der Waals surface area contributed by atoms with Gasteiger partial charge < -0.3 is 4.74 Å². The molecule has 0 aromatic heterocycles. The largest absolute Gasteiger partial charge is 0.465 e. The maximum atomic E-state index is 12.6. The highest BCUT2D eigenvalue weighted by atomic mass is 35.5. The molecule has 106 valence electrons. The van der Waals surface area contributed by atoms with Crippen LogP contribution in [0.5, 0.6) is 0 Å². The van der Waals surface area contributed by atoms with Crippen LogP contribution in [0, 0.1) is 0 Å². The molecule has 19 heavy (non-hydrogen) atoms. The second kappa shape index (κ2) is 6.48. The molecule has 1 aromatic rings. The van der Waals surface area contributed by atoms with Crippen LogP contribution in [0.2, 0.25) is 5.02 Å². The average Bonchev–Trinajstić information content (AvgIpc) is 2.27. The van der Waals surface area contributed by atoms with Crippen molar-refractivity contribution in [3.05, 3.63) is 34.3 Å². The number of benzene rings is 1. The third-order valence-electron chi connectivity index (χ3n) is 2.24. The van der Waals surface area contributed by atoms with Crippen molar-refractivity contribution in [2.45, 2.75) is 24.9 Å². The fraction of sp³-hybridized carbons (Fsp3) is 0.417. The van der Waals surface area contributed by atoms with E-state index in [-0.39, 0.29) is 23.6 Å². The maximum Gasteiger partial charge on any atom is 0.416 e. The Kier molecular flexibility index (Phi) is 5.50. The lowest BCUT2D eigenvalue weighted by Gasteiger charge is -2.12. The molecule has 0 radical (unpaired) electrons. The normalized spacial score (nSPS) is 13.2. The molecule has 0 spiro atoms. The molecule has 0 aliphatic carbocycles. The smallest absolute Gasteiger partial charge is 0.416 e. The lowest BCUT2D eigenvalue weighted by atomic mass is 10.1. The molecule has 1 rings (SSSR count). The number of ether oxygens (including phenoxy) is 1. The predicted molar refractivity (Wildman–Crippen MR) is 66.4 cm³/mol. The highest BCUT2D eigenvalue weighted by Crippen LogP contribution is 2.32. The summed E-state index contributed by atoms with van der Waals surface area (Å²) in [5, 5.41) is -1.10. The summed E-state index contributed by atoms with van der Waals surface area (Å²) in [6, 6.07) is 3.07. The van der Waals surface area contributed by atoms with E-state index in [2.05, 4.69) is 4.74 Å². The van der Waals surface area contributed by atoms with Crippen molar-refractivity contribution in [2.75, 3.05) is 6.61 Å². The van der Waals surface area contributed by atoms with E-state index in [1.807, 2.05) is 0 Å². The lowest BCUT2D eigenvalue weighted by Crippen LogP contribution is -2.20. The Hall–Kier alpha value is -0.940. The Balaban J connectivity index is 2.90. The molecule has 1 atom stereocenters. The van der Waals surface area contributed by atoms with Crippen LogP contribution in [0.15, 0.2) is 18.2 Å². The summed E-state index contributed by atoms with van der Waals surface area (Å²) < 4.78 is 42.4. The summed E-state index contributed by atoms with van der Waals surface area (Å²) in [7, 11) is 0. The van der Waals surface area contributed by atoms with Gasteiger partial charge >= 0.3 is 12.1 Å². The van der Waals surface area contributed by atoms with Crippen LogP contribution < -0.4 is 0 Å². The summed E-state index contributed by atoms with van der Waals surface area (Å²) in [4.78, 5) is 11.3. The number of esters is 1. The Morgan fingerprint density at radius 3 is 2.53 bits per heavy atom. The van der Waals surface area contributed by atoms with Crippen molar-refractivity contribution in [1.82, 2.24) is 0 Å². The van der Waals surface area contributed by atoms with Crippen LogP contribution in [-0.4, -0.2) is 18.0 Å². The molecule has 0 heterocycles. The number of carbonyl (C=O) groups is 1. The van der Waals surface area contributed by atoms with Gasteiger partial charge in [0.25, 0.3) is 0 Å². The molecule has 1 aromatic carbocycles. The first-order chi connectivity index (χ1) is 8.74. The Bertz CT molecular complexity index is 461. The minimum Gasteiger partial charge on any atom is -0.465 e. The maximum absolute atomic E-state index is 12.6. The van der Waals surface area contributed by atoms with E-state index in [9.17, 15) is 18.0 Å². The van der Waals surface area contributed by atoms with Crippen LogP contribution in [0.25, 0.3) is 0 Å². The van der Waals surface area contributed by atoms with Crippen LogP contribution in [0.1, 0.15) is 18.1 Å². The van der Waals surface area contributed by atoms with Gasteiger partial charge in [-0.15, -0.1) is 11.6 Å². The van der Waals surface area contributed by atoms with E-state index in [4.69, 9.17) is 23.2 Å². The lowest BCUT2D eigenvalue weighted by molar-refractivity contribution is -0.142. The Labute approximate surface area is 118 Å². The summed E-state index contributed by atoms with van der Waals surface area (Å²) in [6.07, 6.45) is -4.57. The first-order valence-corrected chi connectivity index (χ1v) is 6.23. The molecule has 0 N–H and O–H groups in total. The molecule has 0 fully saturated rings. The highest BCUT2D eigenvalue weighted by molar-refractivity contribution is 6.31. The van der Waals surface area contributed by atoms with E-state index >= 15 is 0 Å². The van der Waals surface area contributed by atoms with Gasteiger partial charge in [0.1, 0.15) is 5.38 Å². The van der Waals surface area contributed by atoms with E-state index in [1.165, 1.54) is 6.07 Å². The van der Waals surface area contributed by atoms with Crippen LogP contribution in [-0.2, 0) is 22.1 Å². The second-order valence-electron chi connectivity index (χ2n) is 3.77. The number of halogens is 5. The standard InChI is InChI=1S/C12H11Cl2F3O2/c1-2-19-11(18)10(14)5-7-3-8(12(15,16)17)6-9(13)4-7/h3-4,6,10H,2,5H2,1H3. The van der Waals surface area contributed by atoms with E-state index < -0.39 is 23.1 Å². The number of hydrogen-bond acceptors (Lipinski definition) is 2.